The molecule has 12 nitrogen and oxygen atoms in total. The first-order valence-corrected chi connectivity index (χ1v) is 17.6. The van der Waals surface area contributed by atoms with E-state index in [-0.39, 0.29) is 29.3 Å². The van der Waals surface area contributed by atoms with Crippen LogP contribution in [0.3, 0.4) is 0 Å². The normalized spacial score (nSPS) is 19.4. The smallest absolute Gasteiger partial charge is 0.240 e. The number of anilines is 1. The Morgan fingerprint density at radius 1 is 0.960 bits per heavy atom. The molecule has 2 aliphatic heterocycles. The van der Waals surface area contributed by atoms with E-state index in [2.05, 4.69) is 37.7 Å². The first-order chi connectivity index (χ1) is 24.2. The molecule has 3 amide bonds. The van der Waals surface area contributed by atoms with Gasteiger partial charge in [-0.3, -0.25) is 24.3 Å². The number of aromatic nitrogens is 1. The van der Waals surface area contributed by atoms with Crippen molar-refractivity contribution in [2.45, 2.75) is 51.5 Å². The molecular weight excluding hydrogens is 643 g/mol. The number of nitrogens with zero attached hydrogens (tertiary/aromatic N) is 3. The highest BCUT2D eigenvalue weighted by Crippen LogP contribution is 2.47. The van der Waals surface area contributed by atoms with Gasteiger partial charge in [0.2, 0.25) is 17.7 Å². The molecule has 268 valence electrons. The first kappa shape index (κ1) is 35.3. The summed E-state index contributed by atoms with van der Waals surface area (Å²) in [6.45, 7) is 7.40. The van der Waals surface area contributed by atoms with Crippen LogP contribution in [-0.2, 0) is 14.4 Å². The molecule has 1 unspecified atom stereocenters. The summed E-state index contributed by atoms with van der Waals surface area (Å²) in [5.74, 6) is 0.387. The van der Waals surface area contributed by atoms with Crippen LogP contribution in [0.2, 0.25) is 0 Å². The van der Waals surface area contributed by atoms with Gasteiger partial charge in [0.25, 0.3) is 0 Å². The van der Waals surface area contributed by atoms with Crippen molar-refractivity contribution in [3.8, 4) is 23.0 Å². The number of nitrogens with one attached hydrogen (secondary N) is 3. The molecule has 50 heavy (non-hydrogen) atoms. The highest BCUT2D eigenvalue weighted by Gasteiger charge is 2.57. The lowest BCUT2D eigenvalue weighted by Crippen LogP contribution is -2.51. The van der Waals surface area contributed by atoms with Crippen LogP contribution in [0.1, 0.15) is 45.4 Å². The van der Waals surface area contributed by atoms with Crippen molar-refractivity contribution < 1.29 is 33.0 Å². The van der Waals surface area contributed by atoms with E-state index in [1.807, 2.05) is 0 Å². The molecule has 3 heterocycles. The second kappa shape index (κ2) is 15.6. The Balaban J connectivity index is 1.07. The zero-order chi connectivity index (χ0) is 35.3. The van der Waals surface area contributed by atoms with E-state index in [4.69, 9.17) is 14.2 Å². The minimum absolute atomic E-state index is 0.0159. The van der Waals surface area contributed by atoms with Crippen LogP contribution in [0.25, 0.3) is 10.9 Å². The molecule has 3 aliphatic rings. The third-order valence-electron chi connectivity index (χ3n) is 10.1. The number of hydrogen-bond donors (Lipinski definition) is 3. The van der Waals surface area contributed by atoms with Gasteiger partial charge < -0.3 is 35.1 Å². The summed E-state index contributed by atoms with van der Waals surface area (Å²) in [4.78, 5) is 47.0. The Bertz CT molecular complexity index is 1710. The van der Waals surface area contributed by atoms with Gasteiger partial charge in [0.15, 0.2) is 23.1 Å². The van der Waals surface area contributed by atoms with Gasteiger partial charge in [-0.25, -0.2) is 4.39 Å². The van der Waals surface area contributed by atoms with Crippen LogP contribution in [0, 0.1) is 17.2 Å². The second-order valence-electron chi connectivity index (χ2n) is 13.5. The monoisotopic (exact) mass is 690 g/mol. The molecule has 3 N–H and O–H groups in total. The third kappa shape index (κ3) is 8.10. The van der Waals surface area contributed by atoms with Crippen LogP contribution in [0.15, 0.2) is 42.6 Å². The van der Waals surface area contributed by atoms with Crippen molar-refractivity contribution in [3.63, 3.8) is 0 Å². The quantitative estimate of drug-likeness (QED) is 0.224. The predicted molar refractivity (Wildman–Crippen MR) is 187 cm³/mol. The molecule has 1 saturated carbocycles. The van der Waals surface area contributed by atoms with E-state index < -0.39 is 17.1 Å². The van der Waals surface area contributed by atoms with E-state index in [1.54, 1.807) is 44.6 Å². The fourth-order valence-corrected chi connectivity index (χ4v) is 6.79. The highest BCUT2D eigenvalue weighted by atomic mass is 19.1. The topological polar surface area (TPSA) is 134 Å². The number of fused-ring (bicyclic) bond motifs is 1. The predicted octanol–water partition coefficient (Wildman–Crippen LogP) is 4.33. The summed E-state index contributed by atoms with van der Waals surface area (Å²) >= 11 is 0. The lowest BCUT2D eigenvalue weighted by Gasteiger charge is -2.33. The van der Waals surface area contributed by atoms with Gasteiger partial charge in [0.1, 0.15) is 11.2 Å². The number of rotatable bonds is 13. The second-order valence-corrected chi connectivity index (χ2v) is 13.5. The van der Waals surface area contributed by atoms with Gasteiger partial charge in [-0.05, 0) is 94.9 Å². The molecule has 13 heteroatoms. The average molecular weight is 691 g/mol. The molecule has 3 fully saturated rings. The zero-order valence-electron chi connectivity index (χ0n) is 29.1. The van der Waals surface area contributed by atoms with E-state index in [9.17, 15) is 14.4 Å². The number of benzene rings is 2. The van der Waals surface area contributed by atoms with Crippen LogP contribution in [0.5, 0.6) is 23.0 Å². The summed E-state index contributed by atoms with van der Waals surface area (Å²) in [7, 11) is 3.20. The van der Waals surface area contributed by atoms with Crippen molar-refractivity contribution in [3.05, 3.63) is 48.4 Å². The standard InChI is InChI=1S/C37H47FN6O6/c1-4-43-15-5-6-26(21-43)42-36(47)37(12-13-37)35(46)41-25-7-8-31(28(38)18-25)50-30-9-14-40-29-20-33(32(48-3)19-27(29)30)49-23-24-10-16-44(17-11-24)22-34(45)39-2/h7-9,14,18-20,24,26H,4-6,10-13,15-17,21-23H2,1-3H3,(H,39,45)(H,41,46)(H,42,47). The summed E-state index contributed by atoms with van der Waals surface area (Å²) in [5, 5.41) is 9.11. The first-order valence-electron chi connectivity index (χ1n) is 17.6. The molecule has 1 atom stereocenters. The summed E-state index contributed by atoms with van der Waals surface area (Å²) in [5.41, 5.74) is -0.288. The SMILES string of the molecule is CCN1CCCC(NC(=O)C2(C(=O)Nc3ccc(Oc4ccnc5cc(OCC6CCN(CC(=O)NC)CC6)c(OC)cc45)c(F)c3)CC2)C1. The van der Waals surface area contributed by atoms with Gasteiger partial charge in [-0.1, -0.05) is 6.92 Å². The Kier molecular flexibility index (Phi) is 11.0. The largest absolute Gasteiger partial charge is 0.493 e. The maximum atomic E-state index is 15.4. The molecule has 2 aromatic carbocycles. The number of methoxy groups -OCH3 is 1. The summed E-state index contributed by atoms with van der Waals surface area (Å²) < 4.78 is 33.2. The molecule has 2 saturated heterocycles. The van der Waals surface area contributed by atoms with E-state index in [1.165, 1.54) is 12.1 Å². The Hall–Kier alpha value is -4.49. The van der Waals surface area contributed by atoms with Gasteiger partial charge >= 0.3 is 0 Å². The maximum Gasteiger partial charge on any atom is 0.240 e. The molecule has 3 aromatic rings. The molecule has 6 rings (SSSR count). The van der Waals surface area contributed by atoms with Crippen molar-refractivity contribution in [1.82, 2.24) is 25.4 Å². The molecule has 1 aromatic heterocycles. The van der Waals surface area contributed by atoms with Gasteiger partial charge in [-0.2, -0.15) is 0 Å². The fraction of sp³-hybridized carbons (Fsp3) is 0.514. The number of carbonyl (C=O) groups excluding carboxylic acids is 3. The Morgan fingerprint density at radius 3 is 2.46 bits per heavy atom. The number of likely N-dealkylation sites (N-methyl/N-ethyl adjacent to an activating group) is 2. The third-order valence-corrected chi connectivity index (χ3v) is 10.1. The Morgan fingerprint density at radius 2 is 1.76 bits per heavy atom. The van der Waals surface area contributed by atoms with Crippen molar-refractivity contribution >= 4 is 34.3 Å². The molecule has 0 spiro atoms. The van der Waals surface area contributed by atoms with Gasteiger partial charge in [0.05, 0.1) is 25.8 Å². The van der Waals surface area contributed by atoms with Crippen LogP contribution >= 0.6 is 0 Å². The van der Waals surface area contributed by atoms with Crippen molar-refractivity contribution in [1.29, 1.82) is 0 Å². The molecule has 1 aliphatic carbocycles. The van der Waals surface area contributed by atoms with Crippen molar-refractivity contribution in [2.75, 3.05) is 65.3 Å². The number of hydrogen-bond acceptors (Lipinski definition) is 9. The van der Waals surface area contributed by atoms with Crippen LogP contribution in [-0.4, -0.2) is 98.6 Å². The highest BCUT2D eigenvalue weighted by molar-refractivity contribution is 6.13. The lowest BCUT2D eigenvalue weighted by atomic mass is 9.98. The summed E-state index contributed by atoms with van der Waals surface area (Å²) in [6.07, 6.45) is 6.25. The fourth-order valence-electron chi connectivity index (χ4n) is 6.79. The number of carbonyl (C=O) groups is 3. The van der Waals surface area contributed by atoms with Crippen LogP contribution < -0.4 is 30.2 Å². The van der Waals surface area contributed by atoms with Crippen LogP contribution in [0.4, 0.5) is 10.1 Å². The van der Waals surface area contributed by atoms with E-state index >= 15 is 4.39 Å². The van der Waals surface area contributed by atoms with E-state index in [0.717, 1.165) is 58.4 Å². The maximum absolute atomic E-state index is 15.4. The minimum Gasteiger partial charge on any atom is -0.493 e. The molecule has 0 bridgehead atoms. The number of ether oxygens (including phenoxy) is 3. The zero-order valence-corrected chi connectivity index (χ0v) is 29.1. The average Bonchev–Trinajstić information content (AvgIpc) is 3.95. The number of halogens is 1. The van der Waals surface area contributed by atoms with E-state index in [0.29, 0.717) is 60.1 Å². The number of pyridine rings is 1. The summed E-state index contributed by atoms with van der Waals surface area (Å²) in [6, 6.07) is 9.42. The number of piperidine rings is 2. The number of amides is 3. The lowest BCUT2D eigenvalue weighted by molar-refractivity contribution is -0.135. The number of likely N-dealkylation sites (tertiary alicyclic amines) is 2. The minimum atomic E-state index is -1.12. The molecular formula is C37H47FN6O6. The van der Waals surface area contributed by atoms with Gasteiger partial charge in [0, 0.05) is 49.0 Å². The molecule has 0 radical (unpaired) electrons. The van der Waals surface area contributed by atoms with Crippen molar-refractivity contribution in [2.24, 2.45) is 11.3 Å². The Labute approximate surface area is 292 Å². The van der Waals surface area contributed by atoms with Gasteiger partial charge in [-0.15, -0.1) is 0 Å².